The van der Waals surface area contributed by atoms with E-state index in [0.717, 1.165) is 5.76 Å². The molecular weight excluding hydrogens is 200 g/mol. The summed E-state index contributed by atoms with van der Waals surface area (Å²) >= 11 is 0. The summed E-state index contributed by atoms with van der Waals surface area (Å²) in [5, 5.41) is 0. The van der Waals surface area contributed by atoms with E-state index in [4.69, 9.17) is 15.9 Å². The van der Waals surface area contributed by atoms with Gasteiger partial charge in [0.1, 0.15) is 6.61 Å². The van der Waals surface area contributed by atoms with E-state index in [9.17, 15) is 0 Å². The van der Waals surface area contributed by atoms with Gasteiger partial charge < -0.3 is 9.47 Å². The van der Waals surface area contributed by atoms with E-state index in [1.807, 2.05) is 41.5 Å². The smallest absolute Gasteiger partial charge is 0.152 e. The minimum atomic E-state index is -0.334. The highest BCUT2D eigenvalue weighted by atomic mass is 16.5. The van der Waals surface area contributed by atoms with Gasteiger partial charge in [-0.3, -0.25) is 0 Å². The van der Waals surface area contributed by atoms with Gasteiger partial charge in [-0.25, -0.2) is 0 Å². The van der Waals surface area contributed by atoms with Gasteiger partial charge in [0.05, 0.1) is 11.4 Å². The monoisotopic (exact) mass is 224 g/mol. The lowest BCUT2D eigenvalue weighted by atomic mass is 9.95. The van der Waals surface area contributed by atoms with E-state index >= 15 is 0 Å². The third kappa shape index (κ3) is 6.53. The molecule has 0 spiro atoms. The molecule has 92 valence electrons. The van der Waals surface area contributed by atoms with Crippen LogP contribution in [0.25, 0.3) is 0 Å². The molecule has 0 aliphatic heterocycles. The van der Waals surface area contributed by atoms with Crippen molar-refractivity contribution in [2.45, 2.75) is 53.2 Å². The Morgan fingerprint density at radius 1 is 1.25 bits per heavy atom. The maximum absolute atomic E-state index is 5.65. The summed E-state index contributed by atoms with van der Waals surface area (Å²) < 4.78 is 11.2. The van der Waals surface area contributed by atoms with Crippen LogP contribution in [0.3, 0.4) is 0 Å². The Kier molecular flexibility index (Phi) is 5.09. The fraction of sp³-hybridized carbons (Fsp3) is 0.714. The number of terminal acetylenes is 1. The molecular formula is C14H24O2. The maximum Gasteiger partial charge on any atom is 0.152 e. The van der Waals surface area contributed by atoms with Gasteiger partial charge in [0.2, 0.25) is 0 Å². The molecule has 0 bridgehead atoms. The highest BCUT2D eigenvalue weighted by molar-refractivity contribution is 5.00. The Hall–Kier alpha value is -0.940. The van der Waals surface area contributed by atoms with E-state index in [1.54, 1.807) is 0 Å². The number of ether oxygens (including phenoxy) is 2. The molecule has 0 aromatic heterocycles. The van der Waals surface area contributed by atoms with Crippen LogP contribution in [0.15, 0.2) is 12.3 Å². The van der Waals surface area contributed by atoms with Crippen LogP contribution >= 0.6 is 0 Å². The van der Waals surface area contributed by atoms with Gasteiger partial charge in [-0.2, -0.15) is 0 Å². The van der Waals surface area contributed by atoms with Crippen LogP contribution in [-0.2, 0) is 9.47 Å². The first-order chi connectivity index (χ1) is 7.06. The lowest BCUT2D eigenvalue weighted by Gasteiger charge is -2.27. The van der Waals surface area contributed by atoms with Gasteiger partial charge in [-0.15, -0.1) is 6.42 Å². The normalized spacial score (nSPS) is 14.1. The highest BCUT2D eigenvalue weighted by Crippen LogP contribution is 2.24. The topological polar surface area (TPSA) is 18.5 Å². The highest BCUT2D eigenvalue weighted by Gasteiger charge is 2.20. The molecule has 0 N–H and O–H groups in total. The summed E-state index contributed by atoms with van der Waals surface area (Å²) in [6.45, 7) is 16.3. The molecule has 0 heterocycles. The van der Waals surface area contributed by atoms with Crippen molar-refractivity contribution < 1.29 is 9.47 Å². The molecule has 16 heavy (non-hydrogen) atoms. The molecule has 0 rings (SSSR count). The molecule has 0 saturated heterocycles. The summed E-state index contributed by atoms with van der Waals surface area (Å²) in [6.07, 6.45) is 5.06. The number of allylic oxidation sites excluding steroid dienone is 1. The maximum atomic E-state index is 5.65. The first-order valence-corrected chi connectivity index (χ1v) is 5.52. The van der Waals surface area contributed by atoms with Crippen LogP contribution in [0.4, 0.5) is 0 Å². The summed E-state index contributed by atoms with van der Waals surface area (Å²) in [6, 6.07) is 0. The molecule has 0 fully saturated rings. The Morgan fingerprint density at radius 2 is 1.75 bits per heavy atom. The molecule has 0 aliphatic carbocycles. The second kappa shape index (κ2) is 5.41. The average Bonchev–Trinajstić information content (AvgIpc) is 2.08. The number of hydrogen-bond acceptors (Lipinski definition) is 2. The first kappa shape index (κ1) is 15.1. The predicted octanol–water partition coefficient (Wildman–Crippen LogP) is 3.38. The van der Waals surface area contributed by atoms with Gasteiger partial charge in [-0.1, -0.05) is 33.3 Å². The minimum Gasteiger partial charge on any atom is -0.494 e. The van der Waals surface area contributed by atoms with Crippen LogP contribution in [0.2, 0.25) is 0 Å². The molecule has 0 aromatic rings. The minimum absolute atomic E-state index is 0.0686. The van der Waals surface area contributed by atoms with E-state index < -0.39 is 0 Å². The molecule has 2 heteroatoms. The zero-order chi connectivity index (χ0) is 13.0. The third-order valence-corrected chi connectivity index (χ3v) is 1.93. The van der Waals surface area contributed by atoms with Crippen LogP contribution in [0.5, 0.6) is 0 Å². The largest absolute Gasteiger partial charge is 0.494 e. The van der Waals surface area contributed by atoms with Gasteiger partial charge in [0.15, 0.2) is 6.10 Å². The van der Waals surface area contributed by atoms with Crippen LogP contribution < -0.4 is 0 Å². The number of rotatable bonds is 4. The van der Waals surface area contributed by atoms with Crippen molar-refractivity contribution in [2.75, 3.05) is 6.61 Å². The van der Waals surface area contributed by atoms with Crippen molar-refractivity contribution >= 4 is 0 Å². The fourth-order valence-electron chi connectivity index (χ4n) is 0.936. The molecule has 0 aliphatic rings. The van der Waals surface area contributed by atoms with Gasteiger partial charge in [0, 0.05) is 5.41 Å². The molecule has 0 amide bonds. The SMILES string of the molecule is C#C[C@H](COC(=C)C(C)(C)C)OC(C)(C)C. The standard InChI is InChI=1S/C14H24O2/c1-9-12(16-14(6,7)8)10-15-11(2)13(3,4)5/h1,12H,2,10H2,3-8H3/t12-/m1/s1. The lowest BCUT2D eigenvalue weighted by Crippen LogP contribution is -2.30. The van der Waals surface area contributed by atoms with Crippen molar-refractivity contribution in [3.05, 3.63) is 12.3 Å². The Morgan fingerprint density at radius 3 is 2.06 bits per heavy atom. The van der Waals surface area contributed by atoms with Crippen molar-refractivity contribution in [1.29, 1.82) is 0 Å². The lowest BCUT2D eigenvalue weighted by molar-refractivity contribution is -0.0615. The first-order valence-electron chi connectivity index (χ1n) is 5.52. The number of hydrogen-bond donors (Lipinski definition) is 0. The van der Waals surface area contributed by atoms with Crippen LogP contribution in [-0.4, -0.2) is 18.3 Å². The van der Waals surface area contributed by atoms with E-state index in [2.05, 4.69) is 12.5 Å². The summed E-state index contributed by atoms with van der Waals surface area (Å²) in [4.78, 5) is 0. The Balaban J connectivity index is 4.19. The molecule has 1 atom stereocenters. The van der Waals surface area contributed by atoms with E-state index in [1.165, 1.54) is 0 Å². The van der Waals surface area contributed by atoms with Crippen molar-refractivity contribution in [3.8, 4) is 12.3 Å². The molecule has 0 unspecified atom stereocenters. The van der Waals surface area contributed by atoms with Gasteiger partial charge >= 0.3 is 0 Å². The van der Waals surface area contributed by atoms with Crippen molar-refractivity contribution in [1.82, 2.24) is 0 Å². The second-order valence-electron chi connectivity index (χ2n) is 5.87. The zero-order valence-electron chi connectivity index (χ0n) is 11.4. The average molecular weight is 224 g/mol. The molecule has 2 nitrogen and oxygen atoms in total. The predicted molar refractivity (Wildman–Crippen MR) is 68.0 cm³/mol. The third-order valence-electron chi connectivity index (χ3n) is 1.93. The van der Waals surface area contributed by atoms with E-state index in [-0.39, 0.29) is 17.1 Å². The molecule has 0 radical (unpaired) electrons. The second-order valence-corrected chi connectivity index (χ2v) is 5.87. The quantitative estimate of drug-likeness (QED) is 0.538. The summed E-state index contributed by atoms with van der Waals surface area (Å²) in [5.74, 6) is 3.30. The molecule has 0 aromatic carbocycles. The fourth-order valence-corrected chi connectivity index (χ4v) is 0.936. The van der Waals surface area contributed by atoms with Crippen molar-refractivity contribution in [2.24, 2.45) is 5.41 Å². The van der Waals surface area contributed by atoms with Crippen LogP contribution in [0, 0.1) is 17.8 Å². The van der Waals surface area contributed by atoms with Crippen molar-refractivity contribution in [3.63, 3.8) is 0 Å². The molecule has 0 saturated carbocycles. The summed E-state index contributed by atoms with van der Waals surface area (Å²) in [5.41, 5.74) is -0.329. The Bertz CT molecular complexity index is 271. The summed E-state index contributed by atoms with van der Waals surface area (Å²) in [7, 11) is 0. The zero-order valence-corrected chi connectivity index (χ0v) is 11.4. The van der Waals surface area contributed by atoms with Gasteiger partial charge in [-0.05, 0) is 20.8 Å². The Labute approximate surface area is 100 Å². The van der Waals surface area contributed by atoms with Gasteiger partial charge in [0.25, 0.3) is 0 Å². The van der Waals surface area contributed by atoms with E-state index in [0.29, 0.717) is 6.61 Å². The van der Waals surface area contributed by atoms with Crippen LogP contribution in [0.1, 0.15) is 41.5 Å².